The lowest BCUT2D eigenvalue weighted by Crippen LogP contribution is -2.33. The molecule has 1 aromatic carbocycles. The number of nitrogens with zero attached hydrogens (tertiary/aromatic N) is 1. The number of likely N-dealkylation sites (tertiary alicyclic amines) is 1. The van der Waals surface area contributed by atoms with Gasteiger partial charge in [-0.2, -0.15) is 0 Å². The van der Waals surface area contributed by atoms with Crippen LogP contribution in [0.5, 0.6) is 0 Å². The van der Waals surface area contributed by atoms with Crippen molar-refractivity contribution < 1.29 is 19.1 Å². The minimum absolute atomic E-state index is 0.0389. The molecule has 1 aliphatic carbocycles. The molecule has 120 valence electrons. The molecular formula is C18H19NO4. The molecule has 5 nitrogen and oxygen atoms in total. The zero-order valence-corrected chi connectivity index (χ0v) is 12.8. The number of hydrogen-bond donors (Lipinski definition) is 0. The zero-order valence-electron chi connectivity index (χ0n) is 12.8. The minimum Gasteiger partial charge on any atom is -0.461 e. The number of hydrogen-bond acceptors (Lipinski definition) is 4. The molecule has 1 heterocycles. The highest BCUT2D eigenvalue weighted by Crippen LogP contribution is 2.34. The second kappa shape index (κ2) is 6.77. The molecule has 1 aromatic rings. The van der Waals surface area contributed by atoms with Gasteiger partial charge in [-0.15, -0.1) is 0 Å². The third kappa shape index (κ3) is 3.33. The molecule has 2 atom stereocenters. The second-order valence-corrected chi connectivity index (χ2v) is 5.88. The molecule has 5 heteroatoms. The van der Waals surface area contributed by atoms with Crippen molar-refractivity contribution in [2.24, 2.45) is 11.8 Å². The van der Waals surface area contributed by atoms with Gasteiger partial charge in [0.05, 0.1) is 18.3 Å². The van der Waals surface area contributed by atoms with E-state index < -0.39 is 5.97 Å². The van der Waals surface area contributed by atoms with Gasteiger partial charge in [0.1, 0.15) is 6.61 Å². The second-order valence-electron chi connectivity index (χ2n) is 5.88. The average Bonchev–Trinajstić information content (AvgIpc) is 2.83. The van der Waals surface area contributed by atoms with E-state index in [4.69, 9.17) is 4.74 Å². The van der Waals surface area contributed by atoms with Crippen molar-refractivity contribution in [3.05, 3.63) is 48.0 Å². The lowest BCUT2D eigenvalue weighted by atomic mass is 9.85. The molecule has 0 spiro atoms. The van der Waals surface area contributed by atoms with Crippen LogP contribution < -0.4 is 0 Å². The Labute approximate surface area is 134 Å². The van der Waals surface area contributed by atoms with Crippen LogP contribution in [0.15, 0.2) is 42.5 Å². The van der Waals surface area contributed by atoms with Gasteiger partial charge in [-0.25, -0.2) is 0 Å². The quantitative estimate of drug-likeness (QED) is 0.474. The Morgan fingerprint density at radius 1 is 1.04 bits per heavy atom. The van der Waals surface area contributed by atoms with Crippen LogP contribution in [0.4, 0.5) is 0 Å². The fraction of sp³-hybridized carbons (Fsp3) is 0.389. The van der Waals surface area contributed by atoms with Gasteiger partial charge >= 0.3 is 5.97 Å². The fourth-order valence-electron chi connectivity index (χ4n) is 3.10. The van der Waals surface area contributed by atoms with E-state index >= 15 is 0 Å². The predicted molar refractivity (Wildman–Crippen MR) is 82.9 cm³/mol. The number of carbonyl (C=O) groups is 3. The number of imide groups is 1. The molecular weight excluding hydrogens is 294 g/mol. The first-order valence-corrected chi connectivity index (χ1v) is 7.86. The summed E-state index contributed by atoms with van der Waals surface area (Å²) in [7, 11) is 0. The van der Waals surface area contributed by atoms with Crippen molar-refractivity contribution in [1.82, 2.24) is 4.90 Å². The first-order valence-electron chi connectivity index (χ1n) is 7.86. The lowest BCUT2D eigenvalue weighted by molar-refractivity contribution is -0.146. The van der Waals surface area contributed by atoms with Gasteiger partial charge in [-0.3, -0.25) is 19.3 Å². The maximum atomic E-state index is 12.3. The molecule has 23 heavy (non-hydrogen) atoms. The van der Waals surface area contributed by atoms with Crippen molar-refractivity contribution >= 4 is 17.8 Å². The minimum atomic E-state index is -0.401. The highest BCUT2D eigenvalue weighted by atomic mass is 16.5. The average molecular weight is 313 g/mol. The number of fused-ring (bicyclic) bond motifs is 1. The Kier molecular flexibility index (Phi) is 4.55. The highest BCUT2D eigenvalue weighted by Gasteiger charge is 2.46. The Bertz CT molecular complexity index is 612. The molecule has 0 unspecified atom stereocenters. The van der Waals surface area contributed by atoms with Crippen LogP contribution in [-0.2, 0) is 25.7 Å². The normalized spacial score (nSPS) is 23.0. The standard InChI is InChI=1S/C18H19NO4/c20-16(23-12-13-6-2-1-3-7-13)10-11-19-17(21)14-8-4-5-9-15(14)18(19)22/h1-7,14-15H,8-12H2/t14-,15-/m1/s1. The molecule has 3 rings (SSSR count). The van der Waals surface area contributed by atoms with E-state index in [0.29, 0.717) is 12.8 Å². The third-order valence-corrected chi connectivity index (χ3v) is 4.38. The van der Waals surface area contributed by atoms with Gasteiger partial charge in [0.25, 0.3) is 0 Å². The Morgan fingerprint density at radius 3 is 2.26 bits per heavy atom. The molecule has 1 fully saturated rings. The molecule has 0 aromatic heterocycles. The Morgan fingerprint density at radius 2 is 1.65 bits per heavy atom. The van der Waals surface area contributed by atoms with E-state index in [-0.39, 0.29) is 43.2 Å². The molecule has 0 bridgehead atoms. The van der Waals surface area contributed by atoms with Crippen molar-refractivity contribution in [1.29, 1.82) is 0 Å². The number of esters is 1. The molecule has 2 aliphatic rings. The van der Waals surface area contributed by atoms with E-state index in [9.17, 15) is 14.4 Å². The summed E-state index contributed by atoms with van der Waals surface area (Å²) in [6.07, 6.45) is 5.17. The number of carbonyl (C=O) groups excluding carboxylic acids is 3. The molecule has 1 aliphatic heterocycles. The van der Waals surface area contributed by atoms with E-state index in [0.717, 1.165) is 5.56 Å². The van der Waals surface area contributed by atoms with Gasteiger partial charge in [0.15, 0.2) is 0 Å². The van der Waals surface area contributed by atoms with Crippen LogP contribution in [0.3, 0.4) is 0 Å². The summed E-state index contributed by atoms with van der Waals surface area (Å²) >= 11 is 0. The van der Waals surface area contributed by atoms with Gasteiger partial charge in [0, 0.05) is 6.54 Å². The van der Waals surface area contributed by atoms with Crippen molar-refractivity contribution in [2.45, 2.75) is 25.9 Å². The van der Waals surface area contributed by atoms with Crippen molar-refractivity contribution in [2.75, 3.05) is 6.54 Å². The van der Waals surface area contributed by atoms with E-state index in [2.05, 4.69) is 0 Å². The third-order valence-electron chi connectivity index (χ3n) is 4.38. The highest BCUT2D eigenvalue weighted by molar-refractivity contribution is 6.05. The molecule has 2 amide bonds. The summed E-state index contributed by atoms with van der Waals surface area (Å²) in [6.45, 7) is 0.315. The topological polar surface area (TPSA) is 63.7 Å². The fourth-order valence-corrected chi connectivity index (χ4v) is 3.10. The van der Waals surface area contributed by atoms with Crippen LogP contribution >= 0.6 is 0 Å². The number of amides is 2. The van der Waals surface area contributed by atoms with Crippen LogP contribution in [0.2, 0.25) is 0 Å². The van der Waals surface area contributed by atoms with Crippen molar-refractivity contribution in [3.63, 3.8) is 0 Å². The van der Waals surface area contributed by atoms with Crippen LogP contribution in [0.25, 0.3) is 0 Å². The summed E-state index contributed by atoms with van der Waals surface area (Å²) in [4.78, 5) is 37.6. The van der Waals surface area contributed by atoms with Gasteiger partial charge in [-0.05, 0) is 18.4 Å². The van der Waals surface area contributed by atoms with Crippen LogP contribution in [0, 0.1) is 11.8 Å². The predicted octanol–water partition coefficient (Wildman–Crippen LogP) is 2.07. The molecule has 1 saturated heterocycles. The van der Waals surface area contributed by atoms with Gasteiger partial charge in [-0.1, -0.05) is 42.5 Å². The Hall–Kier alpha value is -2.43. The number of ether oxygens (including phenoxy) is 1. The SMILES string of the molecule is O=C(CCN1C(=O)[C@@H]2CC=CC[C@H]2C1=O)OCc1ccccc1. The lowest BCUT2D eigenvalue weighted by Gasteiger charge is -2.14. The maximum Gasteiger partial charge on any atom is 0.307 e. The smallest absolute Gasteiger partial charge is 0.307 e. The largest absolute Gasteiger partial charge is 0.461 e. The summed E-state index contributed by atoms with van der Waals surface area (Å²) in [5.41, 5.74) is 0.909. The number of rotatable bonds is 5. The summed E-state index contributed by atoms with van der Waals surface area (Å²) in [5.74, 6) is -1.19. The van der Waals surface area contributed by atoms with Crippen LogP contribution in [-0.4, -0.2) is 29.2 Å². The first-order chi connectivity index (χ1) is 11.2. The van der Waals surface area contributed by atoms with Gasteiger partial charge in [0.2, 0.25) is 11.8 Å². The van der Waals surface area contributed by atoms with Crippen molar-refractivity contribution in [3.8, 4) is 0 Å². The molecule has 0 radical (unpaired) electrons. The Balaban J connectivity index is 1.49. The number of benzene rings is 1. The summed E-state index contributed by atoms with van der Waals surface area (Å²) in [5, 5.41) is 0. The maximum absolute atomic E-state index is 12.3. The summed E-state index contributed by atoms with van der Waals surface area (Å²) < 4.78 is 5.18. The monoisotopic (exact) mass is 313 g/mol. The van der Waals surface area contributed by atoms with Crippen LogP contribution in [0.1, 0.15) is 24.8 Å². The first kappa shape index (κ1) is 15.5. The van der Waals surface area contributed by atoms with E-state index in [1.807, 2.05) is 42.5 Å². The van der Waals surface area contributed by atoms with E-state index in [1.165, 1.54) is 4.90 Å². The summed E-state index contributed by atoms with van der Waals surface area (Å²) in [6, 6.07) is 9.39. The number of allylic oxidation sites excluding steroid dienone is 2. The molecule has 0 N–H and O–H groups in total. The van der Waals surface area contributed by atoms with E-state index in [1.54, 1.807) is 0 Å². The molecule has 0 saturated carbocycles. The zero-order chi connectivity index (χ0) is 16.2. The van der Waals surface area contributed by atoms with Gasteiger partial charge < -0.3 is 4.74 Å².